The van der Waals surface area contributed by atoms with Gasteiger partial charge >= 0.3 is 0 Å². The number of carbonyl (C=O) groups excluding carboxylic acids is 2. The molecule has 2 amide bonds. The van der Waals surface area contributed by atoms with Crippen LogP contribution >= 0.6 is 11.3 Å². The van der Waals surface area contributed by atoms with Crippen molar-refractivity contribution in [1.82, 2.24) is 10.6 Å². The van der Waals surface area contributed by atoms with E-state index in [0.717, 1.165) is 16.9 Å². The molecule has 1 atom stereocenters. The lowest BCUT2D eigenvalue weighted by Crippen LogP contribution is -2.36. The number of rotatable bonds is 8. The molecule has 0 unspecified atom stereocenters. The minimum atomic E-state index is -0.358. The summed E-state index contributed by atoms with van der Waals surface area (Å²) in [5, 5.41) is 7.72. The highest BCUT2D eigenvalue weighted by Gasteiger charge is 2.19. The first kappa shape index (κ1) is 21.3. The second-order valence-electron chi connectivity index (χ2n) is 6.60. The molecule has 1 heterocycles. The van der Waals surface area contributed by atoms with Crippen LogP contribution in [0.1, 0.15) is 40.2 Å². The summed E-state index contributed by atoms with van der Waals surface area (Å²) >= 11 is 1.49. The van der Waals surface area contributed by atoms with E-state index in [-0.39, 0.29) is 23.6 Å². The summed E-state index contributed by atoms with van der Waals surface area (Å²) in [5.74, 6) is -0.0309. The van der Waals surface area contributed by atoms with Gasteiger partial charge in [-0.2, -0.15) is 0 Å². The molecular formula is C24H24N2O3S. The number of nitrogens with one attached hydrogen (secondary N) is 2. The first-order valence-electron chi connectivity index (χ1n) is 9.67. The van der Waals surface area contributed by atoms with Crippen LogP contribution in [0.2, 0.25) is 0 Å². The van der Waals surface area contributed by atoms with Crippen molar-refractivity contribution in [2.24, 2.45) is 0 Å². The van der Waals surface area contributed by atoms with E-state index in [9.17, 15) is 9.59 Å². The summed E-state index contributed by atoms with van der Waals surface area (Å²) < 4.78 is 5.13. The molecular weight excluding hydrogens is 396 g/mol. The molecule has 2 N–H and O–H groups in total. The van der Waals surface area contributed by atoms with E-state index >= 15 is 0 Å². The molecule has 3 rings (SSSR count). The van der Waals surface area contributed by atoms with Gasteiger partial charge < -0.3 is 15.4 Å². The lowest BCUT2D eigenvalue weighted by molar-refractivity contribution is -0.118. The fourth-order valence-corrected chi connectivity index (χ4v) is 3.61. The van der Waals surface area contributed by atoms with Gasteiger partial charge in [-0.1, -0.05) is 43.3 Å². The highest BCUT2D eigenvalue weighted by atomic mass is 32.1. The molecule has 0 spiro atoms. The fourth-order valence-electron chi connectivity index (χ4n) is 2.95. The van der Waals surface area contributed by atoms with Crippen LogP contribution in [0.4, 0.5) is 0 Å². The first-order chi connectivity index (χ1) is 14.6. The van der Waals surface area contributed by atoms with Gasteiger partial charge in [-0.05, 0) is 53.8 Å². The number of thiophene rings is 1. The van der Waals surface area contributed by atoms with Crippen LogP contribution in [0.3, 0.4) is 0 Å². The quantitative estimate of drug-likeness (QED) is 0.515. The molecule has 0 radical (unpaired) electrons. The van der Waals surface area contributed by atoms with E-state index in [1.165, 1.54) is 11.3 Å². The Hall–Kier alpha value is -3.38. The average molecular weight is 421 g/mol. The predicted molar refractivity (Wildman–Crippen MR) is 120 cm³/mol. The Morgan fingerprint density at radius 1 is 1.03 bits per heavy atom. The van der Waals surface area contributed by atoms with Crippen molar-refractivity contribution in [2.45, 2.75) is 19.4 Å². The minimum absolute atomic E-state index is 0.150. The van der Waals surface area contributed by atoms with Crippen LogP contribution in [0.5, 0.6) is 5.75 Å². The van der Waals surface area contributed by atoms with E-state index in [4.69, 9.17) is 4.74 Å². The molecule has 0 saturated heterocycles. The normalized spacial score (nSPS) is 12.1. The zero-order valence-electron chi connectivity index (χ0n) is 16.9. The smallest absolute Gasteiger partial charge is 0.268 e. The lowest BCUT2D eigenvalue weighted by Gasteiger charge is -2.19. The highest BCUT2D eigenvalue weighted by molar-refractivity contribution is 7.10. The Kier molecular flexibility index (Phi) is 7.40. The van der Waals surface area contributed by atoms with Crippen molar-refractivity contribution in [1.29, 1.82) is 0 Å². The number of benzene rings is 2. The van der Waals surface area contributed by atoms with Crippen LogP contribution in [0.15, 0.2) is 77.8 Å². The Balaban J connectivity index is 1.81. The maximum absolute atomic E-state index is 13.1. The molecule has 0 bridgehead atoms. The van der Waals surface area contributed by atoms with Crippen LogP contribution in [0.25, 0.3) is 6.08 Å². The van der Waals surface area contributed by atoms with Gasteiger partial charge in [-0.15, -0.1) is 11.3 Å². The third kappa shape index (κ3) is 5.58. The van der Waals surface area contributed by atoms with Gasteiger partial charge in [0, 0.05) is 10.4 Å². The van der Waals surface area contributed by atoms with Gasteiger partial charge in [0.25, 0.3) is 11.8 Å². The van der Waals surface area contributed by atoms with Gasteiger partial charge in [-0.25, -0.2) is 0 Å². The number of hydrogen-bond acceptors (Lipinski definition) is 4. The Bertz CT molecular complexity index is 997. The van der Waals surface area contributed by atoms with Crippen LogP contribution in [-0.2, 0) is 4.79 Å². The maximum atomic E-state index is 13.1. The standard InChI is InChI=1S/C24H24N2O3S/c1-3-21(17-8-5-4-6-9-17)25-24(28)22(16-20-10-7-15-30-20)26-23(27)18-11-13-19(29-2)14-12-18/h4-16,21H,3H2,1-2H3,(H,25,28)(H,26,27)/b22-16-/t21-/m0/s1. The van der Waals surface area contributed by atoms with Crippen LogP contribution in [-0.4, -0.2) is 18.9 Å². The van der Waals surface area contributed by atoms with Crippen LogP contribution < -0.4 is 15.4 Å². The van der Waals surface area contributed by atoms with E-state index in [0.29, 0.717) is 11.3 Å². The van der Waals surface area contributed by atoms with Gasteiger partial charge in [0.15, 0.2) is 0 Å². The zero-order chi connectivity index (χ0) is 21.3. The van der Waals surface area contributed by atoms with Crippen molar-refractivity contribution >= 4 is 29.2 Å². The molecule has 3 aromatic rings. The molecule has 154 valence electrons. The number of amides is 2. The third-order valence-corrected chi connectivity index (χ3v) is 5.41. The topological polar surface area (TPSA) is 67.4 Å². The summed E-state index contributed by atoms with van der Waals surface area (Å²) in [4.78, 5) is 26.7. The molecule has 2 aromatic carbocycles. The molecule has 5 nitrogen and oxygen atoms in total. The fraction of sp³-hybridized carbons (Fsp3) is 0.167. The SMILES string of the molecule is CC[C@H](NC(=O)/C(=C/c1cccs1)NC(=O)c1ccc(OC)cc1)c1ccccc1. The monoisotopic (exact) mass is 420 g/mol. The van der Waals surface area contributed by atoms with Gasteiger partial charge in [0.1, 0.15) is 11.4 Å². The molecule has 0 aliphatic rings. The third-order valence-electron chi connectivity index (χ3n) is 4.59. The van der Waals surface area contributed by atoms with Gasteiger partial charge in [0.05, 0.1) is 13.2 Å². The molecule has 6 heteroatoms. The average Bonchev–Trinajstić information content (AvgIpc) is 3.30. The summed E-state index contributed by atoms with van der Waals surface area (Å²) in [6.07, 6.45) is 2.42. The first-order valence-corrected chi connectivity index (χ1v) is 10.5. The maximum Gasteiger partial charge on any atom is 0.268 e. The van der Waals surface area contributed by atoms with Crippen molar-refractivity contribution < 1.29 is 14.3 Å². The Morgan fingerprint density at radius 3 is 2.37 bits per heavy atom. The van der Waals surface area contributed by atoms with Gasteiger partial charge in [0.2, 0.25) is 0 Å². The summed E-state index contributed by atoms with van der Waals surface area (Å²) in [6.45, 7) is 2.01. The minimum Gasteiger partial charge on any atom is -0.497 e. The number of carbonyl (C=O) groups is 2. The van der Waals surface area contributed by atoms with Crippen molar-refractivity contribution in [2.75, 3.05) is 7.11 Å². The van der Waals surface area contributed by atoms with Crippen molar-refractivity contribution in [3.05, 3.63) is 93.8 Å². The molecule has 0 saturated carbocycles. The second kappa shape index (κ2) is 10.4. The van der Waals surface area contributed by atoms with E-state index < -0.39 is 0 Å². The Labute approximate surface area is 180 Å². The molecule has 1 aromatic heterocycles. The summed E-state index contributed by atoms with van der Waals surface area (Å²) in [5.41, 5.74) is 1.66. The summed E-state index contributed by atoms with van der Waals surface area (Å²) in [6, 6.07) is 20.2. The van der Waals surface area contributed by atoms with E-state index in [1.807, 2.05) is 54.8 Å². The number of ether oxygens (including phenoxy) is 1. The number of hydrogen-bond donors (Lipinski definition) is 2. The summed E-state index contributed by atoms with van der Waals surface area (Å²) in [7, 11) is 1.57. The second-order valence-corrected chi connectivity index (χ2v) is 7.58. The van der Waals surface area contributed by atoms with E-state index in [1.54, 1.807) is 37.5 Å². The predicted octanol–water partition coefficient (Wildman–Crippen LogP) is 4.80. The van der Waals surface area contributed by atoms with Gasteiger partial charge in [-0.3, -0.25) is 9.59 Å². The van der Waals surface area contributed by atoms with E-state index in [2.05, 4.69) is 10.6 Å². The van der Waals surface area contributed by atoms with Crippen molar-refractivity contribution in [3.63, 3.8) is 0 Å². The molecule has 0 fully saturated rings. The van der Waals surface area contributed by atoms with Crippen molar-refractivity contribution in [3.8, 4) is 5.75 Å². The van der Waals surface area contributed by atoms with Crippen LogP contribution in [0, 0.1) is 0 Å². The molecule has 30 heavy (non-hydrogen) atoms. The zero-order valence-corrected chi connectivity index (χ0v) is 17.7. The Morgan fingerprint density at radius 2 is 1.77 bits per heavy atom. The highest BCUT2D eigenvalue weighted by Crippen LogP contribution is 2.18. The molecule has 0 aliphatic heterocycles. The molecule has 0 aliphatic carbocycles. The lowest BCUT2D eigenvalue weighted by atomic mass is 10.0. The number of methoxy groups -OCH3 is 1. The largest absolute Gasteiger partial charge is 0.497 e.